The van der Waals surface area contributed by atoms with E-state index in [1.807, 2.05) is 36.1 Å². The molecule has 1 aromatic carbocycles. The van der Waals surface area contributed by atoms with Gasteiger partial charge in [-0.05, 0) is 37.5 Å². The predicted octanol–water partition coefficient (Wildman–Crippen LogP) is 2.77. The van der Waals surface area contributed by atoms with Crippen molar-refractivity contribution in [2.24, 2.45) is 0 Å². The van der Waals surface area contributed by atoms with Crippen LogP contribution in [0.2, 0.25) is 0 Å². The lowest BCUT2D eigenvalue weighted by atomic mass is 10.1. The second-order valence-electron chi connectivity index (χ2n) is 5.78. The summed E-state index contributed by atoms with van der Waals surface area (Å²) in [7, 11) is 1.64. The smallest absolute Gasteiger partial charge is 0.277 e. The Bertz CT molecular complexity index is 681. The van der Waals surface area contributed by atoms with Crippen molar-refractivity contribution < 1.29 is 13.9 Å². The third kappa shape index (κ3) is 4.08. The zero-order valence-electron chi connectivity index (χ0n) is 13.9. The maximum atomic E-state index is 12.3. The fraction of sp³-hybridized carbons (Fsp3) is 0.471. The van der Waals surface area contributed by atoms with Gasteiger partial charge in [-0.2, -0.15) is 0 Å². The molecule has 7 heteroatoms. The number of hydrogen-bond donors (Lipinski definition) is 0. The Morgan fingerprint density at radius 2 is 2.00 bits per heavy atom. The molecule has 24 heavy (non-hydrogen) atoms. The minimum Gasteiger partial charge on any atom is -0.497 e. The van der Waals surface area contributed by atoms with Gasteiger partial charge >= 0.3 is 0 Å². The second-order valence-corrected chi connectivity index (χ2v) is 7.07. The van der Waals surface area contributed by atoms with E-state index in [0.717, 1.165) is 37.2 Å². The van der Waals surface area contributed by atoms with E-state index in [1.54, 1.807) is 7.11 Å². The molecule has 2 aromatic rings. The quantitative estimate of drug-likeness (QED) is 0.749. The summed E-state index contributed by atoms with van der Waals surface area (Å²) in [6, 6.07) is 7.74. The lowest BCUT2D eigenvalue weighted by Gasteiger charge is -2.18. The van der Waals surface area contributed by atoms with Crippen molar-refractivity contribution in [1.29, 1.82) is 0 Å². The van der Waals surface area contributed by atoms with Crippen molar-refractivity contribution in [3.8, 4) is 5.75 Å². The monoisotopic (exact) mass is 347 g/mol. The summed E-state index contributed by atoms with van der Waals surface area (Å²) in [6.45, 7) is 3.60. The summed E-state index contributed by atoms with van der Waals surface area (Å²) in [6.07, 6.45) is 2.75. The van der Waals surface area contributed by atoms with E-state index in [1.165, 1.54) is 11.8 Å². The molecule has 0 unspecified atom stereocenters. The molecule has 1 atom stereocenters. The number of ether oxygens (including phenoxy) is 1. The minimum absolute atomic E-state index is 0.146. The summed E-state index contributed by atoms with van der Waals surface area (Å²) < 4.78 is 10.8. The highest BCUT2D eigenvalue weighted by Gasteiger charge is 2.25. The summed E-state index contributed by atoms with van der Waals surface area (Å²) >= 11 is 1.32. The number of methoxy groups -OCH3 is 1. The van der Waals surface area contributed by atoms with Crippen LogP contribution in [-0.4, -0.2) is 46.5 Å². The van der Waals surface area contributed by atoms with Crippen LogP contribution in [0.4, 0.5) is 0 Å². The van der Waals surface area contributed by atoms with Crippen molar-refractivity contribution in [2.45, 2.75) is 36.7 Å². The number of rotatable bonds is 6. The number of thioether (sulfide) groups is 1. The van der Waals surface area contributed by atoms with Gasteiger partial charge in [-0.25, -0.2) is 0 Å². The van der Waals surface area contributed by atoms with E-state index in [-0.39, 0.29) is 11.2 Å². The van der Waals surface area contributed by atoms with Crippen LogP contribution in [0.15, 0.2) is 33.9 Å². The molecule has 3 rings (SSSR count). The largest absolute Gasteiger partial charge is 0.497 e. The zero-order valence-corrected chi connectivity index (χ0v) is 14.7. The van der Waals surface area contributed by atoms with E-state index in [0.29, 0.717) is 17.5 Å². The van der Waals surface area contributed by atoms with Gasteiger partial charge in [-0.15, -0.1) is 10.2 Å². The normalized spacial score (nSPS) is 15.5. The maximum Gasteiger partial charge on any atom is 0.277 e. The fourth-order valence-corrected chi connectivity index (χ4v) is 3.46. The lowest BCUT2D eigenvalue weighted by molar-refractivity contribution is -0.129. The molecule has 1 aliphatic rings. The van der Waals surface area contributed by atoms with Gasteiger partial charge in [0.15, 0.2) is 0 Å². The van der Waals surface area contributed by atoms with E-state index >= 15 is 0 Å². The molecule has 1 aliphatic heterocycles. The molecule has 2 heterocycles. The molecule has 0 radical (unpaired) electrons. The van der Waals surface area contributed by atoms with Crippen molar-refractivity contribution in [2.75, 3.05) is 20.2 Å². The summed E-state index contributed by atoms with van der Waals surface area (Å²) in [5.41, 5.74) is 1.07. The lowest BCUT2D eigenvalue weighted by Crippen LogP contribution is -2.34. The van der Waals surface area contributed by atoms with Crippen LogP contribution in [0.25, 0.3) is 0 Å². The van der Waals surface area contributed by atoms with Crippen LogP contribution in [-0.2, 0) is 11.2 Å². The van der Waals surface area contributed by atoms with Gasteiger partial charge in [0.25, 0.3) is 5.22 Å². The average molecular weight is 347 g/mol. The number of carbonyl (C=O) groups is 1. The third-order valence-electron chi connectivity index (χ3n) is 4.01. The van der Waals surface area contributed by atoms with Gasteiger partial charge in [0, 0.05) is 13.1 Å². The van der Waals surface area contributed by atoms with Crippen LogP contribution < -0.4 is 4.74 Å². The van der Waals surface area contributed by atoms with E-state index in [2.05, 4.69) is 10.2 Å². The molecule has 6 nitrogen and oxygen atoms in total. The average Bonchev–Trinajstić information content (AvgIpc) is 3.27. The number of nitrogens with zero attached hydrogens (tertiary/aromatic N) is 3. The number of likely N-dealkylation sites (tertiary alicyclic amines) is 1. The van der Waals surface area contributed by atoms with Gasteiger partial charge in [-0.1, -0.05) is 23.9 Å². The van der Waals surface area contributed by atoms with Crippen molar-refractivity contribution >= 4 is 17.7 Å². The molecule has 1 fully saturated rings. The fourth-order valence-electron chi connectivity index (χ4n) is 2.67. The Labute approximate surface area is 145 Å². The van der Waals surface area contributed by atoms with Gasteiger partial charge in [0.2, 0.25) is 11.8 Å². The van der Waals surface area contributed by atoms with Crippen LogP contribution >= 0.6 is 11.8 Å². The number of amides is 1. The van der Waals surface area contributed by atoms with Gasteiger partial charge < -0.3 is 14.1 Å². The summed E-state index contributed by atoms with van der Waals surface area (Å²) in [5.74, 6) is 1.51. The molecule has 1 amide bonds. The van der Waals surface area contributed by atoms with Crippen LogP contribution in [0.1, 0.15) is 31.2 Å². The van der Waals surface area contributed by atoms with Crippen molar-refractivity contribution in [1.82, 2.24) is 15.1 Å². The Balaban J connectivity index is 1.57. The van der Waals surface area contributed by atoms with Crippen molar-refractivity contribution in [3.63, 3.8) is 0 Å². The zero-order chi connectivity index (χ0) is 16.9. The Hall–Kier alpha value is -2.02. The predicted molar refractivity (Wildman–Crippen MR) is 91.2 cm³/mol. The highest BCUT2D eigenvalue weighted by molar-refractivity contribution is 8.00. The van der Waals surface area contributed by atoms with Crippen LogP contribution in [0.5, 0.6) is 5.75 Å². The van der Waals surface area contributed by atoms with Gasteiger partial charge in [0.1, 0.15) is 5.75 Å². The Kier molecular flexibility index (Phi) is 5.40. The highest BCUT2D eigenvalue weighted by atomic mass is 32.2. The van der Waals surface area contributed by atoms with Gasteiger partial charge in [0.05, 0.1) is 18.8 Å². The molecule has 1 saturated heterocycles. The SMILES string of the molecule is COc1ccc(Cc2nnc(S[C@H](C)C(=O)N3CCCC3)o2)cc1. The molecular weight excluding hydrogens is 326 g/mol. The van der Waals surface area contributed by atoms with Crippen LogP contribution in [0.3, 0.4) is 0 Å². The molecule has 0 aliphatic carbocycles. The standard InChI is InChI=1S/C17H21N3O3S/c1-12(16(21)20-9-3-4-10-20)24-17-19-18-15(23-17)11-13-5-7-14(22-2)8-6-13/h5-8,12H,3-4,9-11H2,1-2H3/t12-/m1/s1. The number of carbonyl (C=O) groups excluding carboxylic acids is 1. The molecule has 0 spiro atoms. The maximum absolute atomic E-state index is 12.3. The summed E-state index contributed by atoms with van der Waals surface area (Å²) in [5, 5.41) is 8.35. The highest BCUT2D eigenvalue weighted by Crippen LogP contribution is 2.25. The minimum atomic E-state index is -0.211. The first-order chi connectivity index (χ1) is 11.7. The molecule has 0 bridgehead atoms. The van der Waals surface area contributed by atoms with E-state index in [4.69, 9.17) is 9.15 Å². The molecule has 0 saturated carbocycles. The van der Waals surface area contributed by atoms with Gasteiger partial charge in [-0.3, -0.25) is 4.79 Å². The van der Waals surface area contributed by atoms with Crippen molar-refractivity contribution in [3.05, 3.63) is 35.7 Å². The van der Waals surface area contributed by atoms with Crippen LogP contribution in [0, 0.1) is 0 Å². The van der Waals surface area contributed by atoms with E-state index in [9.17, 15) is 4.79 Å². The second kappa shape index (κ2) is 7.70. The Morgan fingerprint density at radius 3 is 2.67 bits per heavy atom. The third-order valence-corrected chi connectivity index (χ3v) is 4.93. The first kappa shape index (κ1) is 16.8. The Morgan fingerprint density at radius 1 is 1.29 bits per heavy atom. The topological polar surface area (TPSA) is 68.5 Å². The molecule has 128 valence electrons. The summed E-state index contributed by atoms with van der Waals surface area (Å²) in [4.78, 5) is 14.2. The van der Waals surface area contributed by atoms with E-state index < -0.39 is 0 Å². The molecular formula is C17H21N3O3S. The number of hydrogen-bond acceptors (Lipinski definition) is 6. The first-order valence-electron chi connectivity index (χ1n) is 8.06. The molecule has 1 aromatic heterocycles. The number of benzene rings is 1. The number of aromatic nitrogens is 2. The first-order valence-corrected chi connectivity index (χ1v) is 8.94. The molecule has 0 N–H and O–H groups in total.